The van der Waals surface area contributed by atoms with Crippen LogP contribution in [0.4, 0.5) is 55.6 Å². The molecule has 149 heavy (non-hydrogen) atoms. The van der Waals surface area contributed by atoms with Gasteiger partial charge in [-0.3, -0.25) is 24.2 Å². The summed E-state index contributed by atoms with van der Waals surface area (Å²) in [4.78, 5) is 107. The van der Waals surface area contributed by atoms with Crippen molar-refractivity contribution in [2.75, 3.05) is 56.9 Å². The second kappa shape index (κ2) is 43.2. The van der Waals surface area contributed by atoms with E-state index < -0.39 is 81.2 Å². The first-order valence-electron chi connectivity index (χ1n) is 48.2. The number of nitriles is 1. The molecule has 10 aromatic heterocycles. The highest BCUT2D eigenvalue weighted by Crippen LogP contribution is 2.53. The monoisotopic (exact) mass is 2100 g/mol. The summed E-state index contributed by atoms with van der Waals surface area (Å²) in [5.74, 6) is -0.265. The molecule has 0 bridgehead atoms. The first-order valence-corrected chi connectivity index (χ1v) is 54.1. The maximum Gasteiger partial charge on any atom is 0.419 e. The molecule has 782 valence electrons. The fraction of sp³-hybridized carbons (Fsp3) is 0.349. The van der Waals surface area contributed by atoms with Crippen LogP contribution >= 0.6 is 0 Å². The maximum atomic E-state index is 14.0. The van der Waals surface area contributed by atoms with Crippen LogP contribution in [0.25, 0.3) is 39.4 Å². The molecule has 2 unspecified atom stereocenters. The van der Waals surface area contributed by atoms with Gasteiger partial charge in [0.1, 0.15) is 68.0 Å². The lowest BCUT2D eigenvalue weighted by Gasteiger charge is -2.34. The Balaban J connectivity index is 0.000000157. The predicted octanol–water partition coefficient (Wildman–Crippen LogP) is 16.6. The van der Waals surface area contributed by atoms with Gasteiger partial charge in [-0.15, -0.1) is 0 Å². The maximum absolute atomic E-state index is 14.0. The number of para-hydroxylation sites is 2. The van der Waals surface area contributed by atoms with Gasteiger partial charge in [0.25, 0.3) is 63.7 Å². The van der Waals surface area contributed by atoms with E-state index in [1.54, 1.807) is 123 Å². The summed E-state index contributed by atoms with van der Waals surface area (Å²) in [5, 5.41) is 16.7. The van der Waals surface area contributed by atoms with E-state index in [1.807, 2.05) is 74.8 Å². The lowest BCUT2D eigenvalue weighted by molar-refractivity contribution is 0.0545. The average Bonchev–Trinajstić information content (AvgIpc) is 1.58. The molecule has 5 atom stereocenters. The van der Waals surface area contributed by atoms with Crippen LogP contribution in [-0.4, -0.2) is 166 Å². The molecule has 13 heterocycles. The highest BCUT2D eigenvalue weighted by molar-refractivity contribution is 7.91. The zero-order valence-corrected chi connectivity index (χ0v) is 89.2. The number of aromatic nitrogens is 11. The minimum absolute atomic E-state index is 0.0134. The summed E-state index contributed by atoms with van der Waals surface area (Å²) in [7, 11) is -17.1. The van der Waals surface area contributed by atoms with Crippen molar-refractivity contribution < 1.29 is 71.5 Å². The topological polar surface area (TPSA) is 538 Å². The van der Waals surface area contributed by atoms with Crippen molar-refractivity contribution in [3.8, 4) is 40.3 Å². The Morgan fingerprint density at radius 2 is 1.02 bits per heavy atom. The molecule has 3 aromatic carbocycles. The number of nitrogens with one attached hydrogen (secondary N) is 5. The van der Waals surface area contributed by atoms with Crippen LogP contribution in [0.1, 0.15) is 214 Å². The van der Waals surface area contributed by atoms with Crippen LogP contribution in [0.15, 0.2) is 233 Å². The van der Waals surface area contributed by atoms with Crippen molar-refractivity contribution in [2.24, 2.45) is 29.1 Å². The Kier molecular flexibility index (Phi) is 31.7. The smallest absolute Gasteiger partial charge is 0.419 e. The predicted molar refractivity (Wildman–Crippen MR) is 566 cm³/mol. The summed E-state index contributed by atoms with van der Waals surface area (Å²) in [5.41, 5.74) is 20.8. The minimum Gasteiger partial charge on any atom is -0.488 e. The molecule has 43 heteroatoms. The van der Waals surface area contributed by atoms with Gasteiger partial charge in [0.15, 0.2) is 21.6 Å². The molecule has 4 amide bonds. The number of hydrogen-bond donors (Lipinski definition) is 8. The summed E-state index contributed by atoms with van der Waals surface area (Å²) in [6.45, 7) is 38.3. The number of halogens is 1. The summed E-state index contributed by atoms with van der Waals surface area (Å²) < 4.78 is 141. The number of amides is 4. The standard InChI is InChI=1S/C32H37N5O5S.C25H28FN5O3S.C25H26N6O3S.C24H31N7O4S/c1-19-16-22(32(5,6)18-19)27-21(29(38)36-43(40,41)26-12-9-15-34-28(26)33)13-14-23(35-27)25-17-20-10-7-8-11-24(20)37(25)30(39)42-31(2,3)4;1-15-13-25(3,4)31(14-15)23-18(9-10-20(29-23)19-12-17(26)8-7-16(19)2)24(32)30-35(33,34)21-6-5-11-28-22(21)27;1-17-14-25(2,3)31(16-17)23-19(9-7-13-27-23)24(32)30-35(33,34)22-12-6-11-21(29-22)28-20-10-5-4-8-18(20)15-26;1-15(2)35-17-12-26-31(14-17)20-10-9-18(22(28-20)30-13-16(3)11-24(30,4)5)23(32)29-36(33,34)21-8-6-7-19(25)27-21/h7-15,17,19,22H,16,18H2,1-6H3,(H2,33,34)(H,36,38);5-12,15H,13-14H2,1-4H3,(H2,27,28)(H,30,32);4-13,17H,14,16H2,1-3H3,(H,28,29)(H,30,32);6-10,12,14-16H,11,13H2,1-5H3,(H2,25,27)(H,29,32)/t19-,22?;15-;;16-/m00.0/s1. The van der Waals surface area contributed by atoms with Crippen LogP contribution < -0.4 is 60.8 Å². The van der Waals surface area contributed by atoms with Crippen LogP contribution in [0.5, 0.6) is 5.75 Å². The van der Waals surface area contributed by atoms with Gasteiger partial charge in [-0.05, 0) is 283 Å². The second-order valence-electron chi connectivity index (χ2n) is 41.6. The number of pyridine rings is 8. The van der Waals surface area contributed by atoms with Crippen molar-refractivity contribution in [3.05, 3.63) is 258 Å². The fourth-order valence-corrected chi connectivity index (χ4v) is 23.7. The third-order valence-electron chi connectivity index (χ3n) is 25.8. The van der Waals surface area contributed by atoms with Gasteiger partial charge in [0.05, 0.1) is 80.3 Å². The third-order valence-corrected chi connectivity index (χ3v) is 31.0. The Morgan fingerprint density at radius 3 is 1.56 bits per heavy atom. The number of sulfonamides is 4. The Morgan fingerprint density at radius 1 is 0.517 bits per heavy atom. The van der Waals surface area contributed by atoms with Gasteiger partial charge in [-0.2, -0.15) is 27.2 Å². The van der Waals surface area contributed by atoms with Crippen molar-refractivity contribution >= 4 is 127 Å². The zero-order chi connectivity index (χ0) is 108. The molecular formula is C106H122FN23O15S4. The number of nitrogens with two attached hydrogens (primary N) is 3. The molecule has 0 spiro atoms. The second-order valence-corrected chi connectivity index (χ2v) is 48.2. The quantitative estimate of drug-likeness (QED) is 0.0295. The highest BCUT2D eigenvalue weighted by atomic mass is 32.2. The largest absolute Gasteiger partial charge is 0.488 e. The number of ether oxygens (including phenoxy) is 2. The number of benzene rings is 3. The molecule has 4 aliphatic rings. The Hall–Kier alpha value is -15.4. The van der Waals surface area contributed by atoms with Gasteiger partial charge < -0.3 is 46.7 Å². The number of nitrogens with zero attached hydrogens (tertiary/aromatic N) is 15. The SMILES string of the molecule is CC(C)Oc1cnn(-c2ccc(C(=O)NS(=O)(=O)c3cccc(N)n3)c(N3C[C@@H](C)CC3(C)C)n2)c1.CC1CN(c2ncccc2C(=O)NS(=O)(=O)c2cccc(Nc3ccccc3C#N)n2)C(C)(C)C1.C[C@H]1CC(c2nc(-c3cc4ccccc4n3C(=O)OC(C)(C)C)ccc2C(=O)NS(=O)(=O)c2cccnc2N)C(C)(C)C1.Cc1ccc(F)cc1-c1ccc(C(=O)NS(=O)(=O)c2cccnc2N)c(N2C[C@@H](C)CC2(C)C)n1. The molecule has 17 rings (SSSR count). The van der Waals surface area contributed by atoms with Crippen LogP contribution in [0.3, 0.4) is 0 Å². The van der Waals surface area contributed by atoms with Gasteiger partial charge >= 0.3 is 6.09 Å². The third kappa shape index (κ3) is 25.2. The summed E-state index contributed by atoms with van der Waals surface area (Å²) in [6.07, 6.45) is 11.4. The number of fused-ring (bicyclic) bond motifs is 1. The van der Waals surface area contributed by atoms with Crippen molar-refractivity contribution in [1.82, 2.24) is 73.1 Å². The first-order chi connectivity index (χ1) is 69.9. The van der Waals surface area contributed by atoms with E-state index in [-0.39, 0.29) is 99.4 Å². The number of carbonyl (C=O) groups excluding carboxylic acids is 5. The minimum atomic E-state index is -4.31. The molecule has 0 radical (unpaired) electrons. The summed E-state index contributed by atoms with van der Waals surface area (Å²) in [6, 6.07) is 49.3. The molecule has 1 saturated carbocycles. The van der Waals surface area contributed by atoms with E-state index in [0.717, 1.165) is 49.6 Å². The molecule has 1 aliphatic carbocycles. The van der Waals surface area contributed by atoms with E-state index in [2.05, 4.69) is 134 Å². The Bertz CT molecular complexity index is 7860. The van der Waals surface area contributed by atoms with Gasteiger partial charge in [-0.25, -0.2) is 89.0 Å². The first kappa shape index (κ1) is 109. The van der Waals surface area contributed by atoms with Crippen molar-refractivity contribution in [1.29, 1.82) is 5.26 Å². The highest BCUT2D eigenvalue weighted by Gasteiger charge is 2.46. The van der Waals surface area contributed by atoms with Crippen LogP contribution in [0.2, 0.25) is 0 Å². The van der Waals surface area contributed by atoms with E-state index >= 15 is 0 Å². The van der Waals surface area contributed by atoms with Gasteiger partial charge in [0.2, 0.25) is 0 Å². The molecule has 13 aromatic rings. The summed E-state index contributed by atoms with van der Waals surface area (Å²) >= 11 is 0. The number of carbonyl (C=O) groups is 5. The lowest BCUT2D eigenvalue weighted by Crippen LogP contribution is -2.41. The van der Waals surface area contributed by atoms with Crippen LogP contribution in [-0.2, 0) is 44.8 Å². The number of anilines is 8. The molecule has 38 nitrogen and oxygen atoms in total. The van der Waals surface area contributed by atoms with E-state index in [9.17, 15) is 67.3 Å². The number of nitrogen functional groups attached to an aromatic ring is 3. The fourth-order valence-electron chi connectivity index (χ4n) is 19.7. The van der Waals surface area contributed by atoms with Crippen molar-refractivity contribution in [2.45, 2.75) is 211 Å². The van der Waals surface area contributed by atoms with Crippen LogP contribution in [0, 0.1) is 53.2 Å². The zero-order valence-electron chi connectivity index (χ0n) is 85.9. The number of aryl methyl sites for hydroxylation is 1. The van der Waals surface area contributed by atoms with E-state index in [0.29, 0.717) is 111 Å². The molecular weight excluding hydrogens is 1980 g/mol. The van der Waals surface area contributed by atoms with Gasteiger partial charge in [-0.1, -0.05) is 90.1 Å². The van der Waals surface area contributed by atoms with E-state index in [1.165, 1.54) is 89.8 Å². The number of rotatable bonds is 23. The van der Waals surface area contributed by atoms with Gasteiger partial charge in [0, 0.05) is 71.7 Å². The Labute approximate surface area is 866 Å². The molecule has 3 saturated heterocycles. The lowest BCUT2D eigenvalue weighted by atomic mass is 9.78. The molecule has 11 N–H and O–H groups in total. The average molecular weight is 2110 g/mol. The number of hydrogen-bond acceptors (Lipinski definition) is 32. The molecule has 3 aliphatic heterocycles. The van der Waals surface area contributed by atoms with Crippen molar-refractivity contribution in [3.63, 3.8) is 0 Å². The normalized spacial score (nSPS) is 17.6. The van der Waals surface area contributed by atoms with E-state index in [4.69, 9.17) is 41.6 Å². The molecule has 4 fully saturated rings.